The van der Waals surface area contributed by atoms with Crippen LogP contribution in [0.25, 0.3) is 44.8 Å². The monoisotopic (exact) mass is 667 g/mol. The van der Waals surface area contributed by atoms with E-state index in [1.807, 2.05) is 41.9 Å². The molecule has 1 aliphatic carbocycles. The average molecular weight is 668 g/mol. The Kier molecular flexibility index (Phi) is 7.75. The summed E-state index contributed by atoms with van der Waals surface area (Å²) < 4.78 is 29.5. The number of pyridine rings is 1. The Labute approximate surface area is 281 Å². The van der Waals surface area contributed by atoms with E-state index in [0.717, 1.165) is 52.9 Å². The van der Waals surface area contributed by atoms with Gasteiger partial charge in [-0.25, -0.2) is 19.2 Å². The summed E-state index contributed by atoms with van der Waals surface area (Å²) in [5.41, 5.74) is 11.9. The maximum atomic E-state index is 14.3. The number of aliphatic hydroxyl groups is 1. The van der Waals surface area contributed by atoms with Gasteiger partial charge >= 0.3 is 6.09 Å². The second kappa shape index (κ2) is 12.1. The van der Waals surface area contributed by atoms with Gasteiger partial charge in [0.2, 0.25) is 0 Å². The number of halogens is 1. The van der Waals surface area contributed by atoms with Crippen LogP contribution in [0.2, 0.25) is 0 Å². The first-order chi connectivity index (χ1) is 23.7. The van der Waals surface area contributed by atoms with Gasteiger partial charge in [-0.05, 0) is 67.6 Å². The summed E-state index contributed by atoms with van der Waals surface area (Å²) >= 11 is 0. The third-order valence-electron chi connectivity index (χ3n) is 9.78. The number of aryl methyl sites for hydroxylation is 1. The molecule has 2 amide bonds. The number of anilines is 1. The van der Waals surface area contributed by atoms with Crippen molar-refractivity contribution in [2.45, 2.75) is 44.1 Å². The van der Waals surface area contributed by atoms with Crippen molar-refractivity contribution < 1.29 is 28.6 Å². The molecule has 2 aromatic carbocycles. The number of carbonyl (C=O) groups is 2. The molecular formula is C36H38FN7O5. The summed E-state index contributed by atoms with van der Waals surface area (Å²) in [7, 11) is 3.50. The van der Waals surface area contributed by atoms with E-state index in [-0.39, 0.29) is 25.5 Å². The number of fused-ring (bicyclic) bond motifs is 2. The predicted molar refractivity (Wildman–Crippen MR) is 182 cm³/mol. The molecule has 49 heavy (non-hydrogen) atoms. The summed E-state index contributed by atoms with van der Waals surface area (Å²) in [6.07, 6.45) is 0.391. The summed E-state index contributed by atoms with van der Waals surface area (Å²) in [5, 5.41) is 10.4. The molecular weight excluding hydrogens is 629 g/mol. The number of imidazole rings is 1. The second-order valence-corrected chi connectivity index (χ2v) is 13.4. The highest BCUT2D eigenvalue weighted by Gasteiger charge is 2.33. The molecule has 2 aliphatic heterocycles. The Bertz CT molecular complexity index is 2080. The van der Waals surface area contributed by atoms with Crippen molar-refractivity contribution in [2.75, 3.05) is 38.3 Å². The standard InChI is InChI=1S/C36H38FN7O5/c1-41-32-29(11-23(13-31(32)48-2)35(46)42-16-24(37)14-25(38)17-42)40-34(41)30-12-22-7-10-28(39-33(22)44(30)15-20-3-4-20)21-5-8-26(9-6-21)43-18-27(19-45)49-36(43)47/h5-13,20,24-25,27,45H,3-4,14-19,38H2,1-2H3/t24-,25-,27-/m1/s1. The molecule has 0 unspecified atom stereocenters. The van der Waals surface area contributed by atoms with Crippen LogP contribution in [-0.2, 0) is 18.3 Å². The number of likely N-dealkylation sites (tertiary alicyclic amines) is 1. The van der Waals surface area contributed by atoms with Crippen LogP contribution in [-0.4, -0.2) is 92.8 Å². The van der Waals surface area contributed by atoms with Crippen molar-refractivity contribution in [3.8, 4) is 28.5 Å². The van der Waals surface area contributed by atoms with Crippen molar-refractivity contribution in [2.24, 2.45) is 18.7 Å². The number of nitrogens with zero attached hydrogens (tertiary/aromatic N) is 6. The second-order valence-electron chi connectivity index (χ2n) is 13.4. The van der Waals surface area contributed by atoms with E-state index in [1.165, 1.54) is 9.80 Å². The Morgan fingerprint density at radius 1 is 1.08 bits per heavy atom. The number of ether oxygens (including phenoxy) is 2. The van der Waals surface area contributed by atoms with Crippen molar-refractivity contribution >= 4 is 39.8 Å². The molecule has 0 bridgehead atoms. The van der Waals surface area contributed by atoms with Crippen LogP contribution in [0, 0.1) is 5.92 Å². The molecule has 0 spiro atoms. The number of hydrogen-bond acceptors (Lipinski definition) is 8. The normalized spacial score (nSPS) is 21.2. The van der Waals surface area contributed by atoms with E-state index in [9.17, 15) is 19.1 Å². The van der Waals surface area contributed by atoms with Crippen LogP contribution in [0.15, 0.2) is 54.6 Å². The van der Waals surface area contributed by atoms with Crippen molar-refractivity contribution in [3.05, 3.63) is 60.2 Å². The fourth-order valence-corrected chi connectivity index (χ4v) is 7.10. The first-order valence-electron chi connectivity index (χ1n) is 16.6. The first-order valence-corrected chi connectivity index (χ1v) is 16.6. The molecule has 13 heteroatoms. The number of nitrogens with two attached hydrogens (primary N) is 1. The first kappa shape index (κ1) is 31.3. The molecule has 3 aliphatic rings. The molecule has 0 radical (unpaired) electrons. The van der Waals surface area contributed by atoms with Crippen LogP contribution < -0.4 is 15.4 Å². The number of aliphatic hydroxyl groups excluding tert-OH is 1. The highest BCUT2D eigenvalue weighted by molar-refractivity contribution is 6.00. The zero-order chi connectivity index (χ0) is 34.0. The molecule has 5 heterocycles. The number of cyclic esters (lactones) is 1. The Hall–Kier alpha value is -5.01. The van der Waals surface area contributed by atoms with E-state index in [4.69, 9.17) is 25.2 Å². The zero-order valence-electron chi connectivity index (χ0n) is 27.4. The number of carbonyl (C=O) groups excluding carboxylic acids is 2. The van der Waals surface area contributed by atoms with Crippen LogP contribution in [0.1, 0.15) is 29.6 Å². The van der Waals surface area contributed by atoms with E-state index in [2.05, 4.69) is 16.7 Å². The van der Waals surface area contributed by atoms with Crippen molar-refractivity contribution in [3.63, 3.8) is 0 Å². The van der Waals surface area contributed by atoms with Crippen LogP contribution in [0.5, 0.6) is 5.75 Å². The topological polar surface area (TPSA) is 141 Å². The minimum atomic E-state index is -1.15. The quantitative estimate of drug-likeness (QED) is 0.247. The number of methoxy groups -OCH3 is 1. The van der Waals surface area contributed by atoms with Gasteiger partial charge in [-0.1, -0.05) is 12.1 Å². The fraction of sp³-hybridized carbons (Fsp3) is 0.389. The number of hydrogen-bond donors (Lipinski definition) is 2. The molecule has 5 aromatic rings. The van der Waals surface area contributed by atoms with Gasteiger partial charge in [-0.2, -0.15) is 0 Å². The number of rotatable bonds is 8. The SMILES string of the molecule is COc1cc(C(=O)N2C[C@H](N)C[C@@H](F)C2)cc2nc(-c3cc4ccc(-c5ccc(N6C[C@H](CO)OC6=O)cc5)nc4n3CC3CC3)n(C)c12. The van der Waals surface area contributed by atoms with E-state index in [0.29, 0.717) is 47.3 Å². The van der Waals surface area contributed by atoms with Crippen molar-refractivity contribution in [1.82, 2.24) is 24.0 Å². The molecule has 254 valence electrons. The highest BCUT2D eigenvalue weighted by Crippen LogP contribution is 2.38. The van der Waals surface area contributed by atoms with Gasteiger partial charge in [0.1, 0.15) is 29.2 Å². The van der Waals surface area contributed by atoms with Gasteiger partial charge in [-0.15, -0.1) is 0 Å². The lowest BCUT2D eigenvalue weighted by Gasteiger charge is -2.33. The third-order valence-corrected chi connectivity index (χ3v) is 9.78. The number of alkyl halides is 1. The minimum Gasteiger partial charge on any atom is -0.494 e. The van der Waals surface area contributed by atoms with Gasteiger partial charge < -0.3 is 34.3 Å². The zero-order valence-corrected chi connectivity index (χ0v) is 27.4. The largest absolute Gasteiger partial charge is 0.494 e. The Balaban J connectivity index is 1.16. The van der Waals surface area contributed by atoms with Crippen LogP contribution in [0.4, 0.5) is 14.9 Å². The number of amides is 2. The summed E-state index contributed by atoms with van der Waals surface area (Å²) in [4.78, 5) is 38.9. The molecule has 1 saturated carbocycles. The van der Waals surface area contributed by atoms with Crippen molar-refractivity contribution in [1.29, 1.82) is 0 Å². The van der Waals surface area contributed by atoms with E-state index >= 15 is 0 Å². The molecule has 2 saturated heterocycles. The highest BCUT2D eigenvalue weighted by atomic mass is 19.1. The van der Waals surface area contributed by atoms with Crippen LogP contribution in [0.3, 0.4) is 0 Å². The van der Waals surface area contributed by atoms with Gasteiger partial charge in [0.25, 0.3) is 5.91 Å². The number of benzene rings is 2. The molecule has 3 aromatic heterocycles. The predicted octanol–water partition coefficient (Wildman–Crippen LogP) is 4.50. The van der Waals surface area contributed by atoms with Gasteiger partial charge in [0.15, 0.2) is 5.82 Å². The Morgan fingerprint density at radius 3 is 2.57 bits per heavy atom. The third kappa shape index (κ3) is 5.66. The lowest BCUT2D eigenvalue weighted by molar-refractivity contribution is 0.0606. The lowest BCUT2D eigenvalue weighted by Crippen LogP contribution is -2.50. The molecule has 3 atom stereocenters. The maximum Gasteiger partial charge on any atom is 0.414 e. The lowest BCUT2D eigenvalue weighted by atomic mass is 10.0. The molecule has 8 rings (SSSR count). The minimum absolute atomic E-state index is 0.0128. The Morgan fingerprint density at radius 2 is 1.88 bits per heavy atom. The van der Waals surface area contributed by atoms with Gasteiger partial charge in [-0.3, -0.25) is 9.69 Å². The molecule has 12 nitrogen and oxygen atoms in total. The average Bonchev–Trinajstić information content (AvgIpc) is 3.61. The number of aromatic nitrogens is 4. The van der Waals surface area contributed by atoms with Gasteiger partial charge in [0, 0.05) is 48.4 Å². The maximum absolute atomic E-state index is 14.3. The summed E-state index contributed by atoms with van der Waals surface area (Å²) in [6, 6.07) is 16.8. The molecule has 3 N–H and O–H groups in total. The smallest absolute Gasteiger partial charge is 0.414 e. The fourth-order valence-electron chi connectivity index (χ4n) is 7.10. The van der Waals surface area contributed by atoms with Gasteiger partial charge in [0.05, 0.1) is 43.7 Å². The summed E-state index contributed by atoms with van der Waals surface area (Å²) in [5.74, 6) is 1.46. The number of piperidine rings is 1. The molecule has 3 fully saturated rings. The van der Waals surface area contributed by atoms with E-state index in [1.54, 1.807) is 19.2 Å². The summed E-state index contributed by atoms with van der Waals surface area (Å²) in [6.45, 7) is 1.19. The van der Waals surface area contributed by atoms with E-state index < -0.39 is 24.4 Å². The van der Waals surface area contributed by atoms with Crippen LogP contribution >= 0.6 is 0 Å².